The zero-order valence-corrected chi connectivity index (χ0v) is 11.3. The molecule has 1 heterocycles. The van der Waals surface area contributed by atoms with E-state index >= 15 is 0 Å². The molecule has 2 saturated carbocycles. The maximum Gasteiger partial charge on any atom is 0.305 e. The molecule has 0 aromatic carbocycles. The van der Waals surface area contributed by atoms with Gasteiger partial charge in [0, 0.05) is 6.04 Å². The normalized spacial score (nSPS) is 28.1. The zero-order chi connectivity index (χ0) is 13.2. The van der Waals surface area contributed by atoms with Crippen LogP contribution >= 0.6 is 12.2 Å². The van der Waals surface area contributed by atoms with Crippen LogP contribution < -0.4 is 16.2 Å². The highest BCUT2D eigenvalue weighted by molar-refractivity contribution is 7.80. The minimum absolute atomic E-state index is 0.259. The Morgan fingerprint density at radius 3 is 2.84 bits per heavy atom. The monoisotopic (exact) mass is 279 g/mol. The molecule has 2 aliphatic carbocycles. The van der Waals surface area contributed by atoms with Crippen LogP contribution in [0.25, 0.3) is 0 Å². The first-order valence-electron chi connectivity index (χ1n) is 6.62. The molecule has 0 spiro atoms. The number of carbonyl (C=O) groups is 1. The topological polar surface area (TPSA) is 66.3 Å². The molecule has 2 aliphatic rings. The number of carbonyl (C=O) groups excluding carboxylic acids is 1. The van der Waals surface area contributed by atoms with Crippen molar-refractivity contribution in [2.45, 2.75) is 31.7 Å². The lowest BCUT2D eigenvalue weighted by Gasteiger charge is -2.24. The van der Waals surface area contributed by atoms with E-state index in [4.69, 9.17) is 16.6 Å². The van der Waals surface area contributed by atoms with E-state index in [1.165, 1.54) is 31.9 Å². The Morgan fingerprint density at radius 2 is 2.21 bits per heavy atom. The van der Waals surface area contributed by atoms with E-state index in [0.717, 1.165) is 11.8 Å². The summed E-state index contributed by atoms with van der Waals surface area (Å²) in [6, 6.07) is 3.73. The summed E-state index contributed by atoms with van der Waals surface area (Å²) in [5.74, 6) is 1.53. The van der Waals surface area contributed by atoms with E-state index in [9.17, 15) is 4.79 Å². The maximum absolute atomic E-state index is 11.6. The number of nitrogens with one attached hydrogen (secondary N) is 3. The van der Waals surface area contributed by atoms with E-state index in [1.54, 1.807) is 12.1 Å². The molecule has 102 valence electrons. The molecule has 0 aliphatic heterocycles. The zero-order valence-electron chi connectivity index (χ0n) is 10.5. The molecule has 0 saturated heterocycles. The Morgan fingerprint density at radius 1 is 1.32 bits per heavy atom. The lowest BCUT2D eigenvalue weighted by Crippen LogP contribution is -2.50. The third-order valence-electron chi connectivity index (χ3n) is 4.09. The van der Waals surface area contributed by atoms with Crippen LogP contribution in [0, 0.1) is 11.8 Å². The minimum atomic E-state index is -0.331. The van der Waals surface area contributed by atoms with Gasteiger partial charge in [0.25, 0.3) is 0 Å². The van der Waals surface area contributed by atoms with Gasteiger partial charge in [0.15, 0.2) is 10.9 Å². The van der Waals surface area contributed by atoms with E-state index in [-0.39, 0.29) is 11.7 Å². The SMILES string of the molecule is O=C(NNC(=S)N[C@@H]1C[C@H]2CC[C@@H]1C2)c1ccco1. The number of hydrazine groups is 1. The summed E-state index contributed by atoms with van der Waals surface area (Å²) in [4.78, 5) is 11.6. The molecule has 0 unspecified atom stereocenters. The first kappa shape index (κ1) is 12.5. The molecule has 3 atom stereocenters. The molecule has 3 rings (SSSR count). The number of thiocarbonyl (C=S) groups is 1. The molecule has 2 bridgehead atoms. The van der Waals surface area contributed by atoms with Gasteiger partial charge in [0.05, 0.1) is 6.26 Å². The van der Waals surface area contributed by atoms with Crippen LogP contribution in [0.2, 0.25) is 0 Å². The van der Waals surface area contributed by atoms with Gasteiger partial charge in [0.2, 0.25) is 0 Å². The van der Waals surface area contributed by atoms with Crippen LogP contribution in [0.3, 0.4) is 0 Å². The number of fused-ring (bicyclic) bond motifs is 2. The summed E-state index contributed by atoms with van der Waals surface area (Å²) in [6.07, 6.45) is 6.63. The summed E-state index contributed by atoms with van der Waals surface area (Å²) >= 11 is 5.19. The Hall–Kier alpha value is -1.56. The average Bonchev–Trinajstić information content (AvgIpc) is 3.12. The van der Waals surface area contributed by atoms with E-state index in [1.807, 2.05) is 0 Å². The van der Waals surface area contributed by atoms with Gasteiger partial charge in [-0.15, -0.1) is 0 Å². The summed E-state index contributed by atoms with van der Waals surface area (Å²) in [7, 11) is 0. The Kier molecular flexibility index (Phi) is 3.42. The second-order valence-corrected chi connectivity index (χ2v) is 5.72. The van der Waals surface area contributed by atoms with Crippen molar-refractivity contribution in [3.05, 3.63) is 24.2 Å². The fraction of sp³-hybridized carbons (Fsp3) is 0.538. The number of furan rings is 1. The number of hydrogen-bond acceptors (Lipinski definition) is 3. The van der Waals surface area contributed by atoms with E-state index in [0.29, 0.717) is 11.2 Å². The summed E-state index contributed by atoms with van der Waals surface area (Å²) in [5.41, 5.74) is 5.23. The van der Waals surface area contributed by atoms with Crippen molar-refractivity contribution in [3.63, 3.8) is 0 Å². The Labute approximate surface area is 117 Å². The number of hydrogen-bond donors (Lipinski definition) is 3. The van der Waals surface area contributed by atoms with Crippen LogP contribution in [-0.2, 0) is 0 Å². The van der Waals surface area contributed by atoms with Crippen LogP contribution in [0.5, 0.6) is 0 Å². The predicted molar refractivity (Wildman–Crippen MR) is 74.3 cm³/mol. The molecule has 0 radical (unpaired) electrons. The summed E-state index contributed by atoms with van der Waals surface area (Å²) in [6.45, 7) is 0. The highest BCUT2D eigenvalue weighted by Crippen LogP contribution is 2.44. The molecule has 2 fully saturated rings. The second kappa shape index (κ2) is 5.21. The van der Waals surface area contributed by atoms with Gasteiger partial charge < -0.3 is 9.73 Å². The Balaban J connectivity index is 1.43. The highest BCUT2D eigenvalue weighted by Gasteiger charge is 2.39. The molecule has 5 nitrogen and oxygen atoms in total. The molecular weight excluding hydrogens is 262 g/mol. The number of rotatable bonds is 2. The molecular formula is C13H17N3O2S. The average molecular weight is 279 g/mol. The van der Waals surface area contributed by atoms with Crippen molar-refractivity contribution in [3.8, 4) is 0 Å². The first-order valence-corrected chi connectivity index (χ1v) is 7.03. The van der Waals surface area contributed by atoms with Gasteiger partial charge >= 0.3 is 5.91 Å². The third kappa shape index (κ3) is 2.73. The first-order chi connectivity index (χ1) is 9.22. The van der Waals surface area contributed by atoms with Gasteiger partial charge in [-0.1, -0.05) is 6.42 Å². The predicted octanol–water partition coefficient (Wildman–Crippen LogP) is 1.58. The standard InChI is InChI=1S/C13H17N3O2S/c17-12(11-2-1-5-18-11)15-16-13(19)14-10-7-8-3-4-9(10)6-8/h1-2,5,8-10H,3-4,6-7H2,(H,15,17)(H2,14,16,19)/t8-,9+,10+/m0/s1. The molecule has 19 heavy (non-hydrogen) atoms. The van der Waals surface area contributed by atoms with Crippen LogP contribution in [0.1, 0.15) is 36.2 Å². The van der Waals surface area contributed by atoms with Crippen molar-refractivity contribution in [2.24, 2.45) is 11.8 Å². The van der Waals surface area contributed by atoms with Gasteiger partial charge in [0.1, 0.15) is 0 Å². The maximum atomic E-state index is 11.6. The lowest BCUT2D eigenvalue weighted by molar-refractivity contribution is 0.0915. The highest BCUT2D eigenvalue weighted by atomic mass is 32.1. The van der Waals surface area contributed by atoms with Gasteiger partial charge in [-0.2, -0.15) is 0 Å². The van der Waals surface area contributed by atoms with Crippen molar-refractivity contribution in [1.29, 1.82) is 0 Å². The van der Waals surface area contributed by atoms with E-state index in [2.05, 4.69) is 16.2 Å². The smallest absolute Gasteiger partial charge is 0.305 e. The molecule has 1 aromatic rings. The van der Waals surface area contributed by atoms with Crippen molar-refractivity contribution >= 4 is 23.2 Å². The largest absolute Gasteiger partial charge is 0.459 e. The van der Waals surface area contributed by atoms with E-state index < -0.39 is 0 Å². The molecule has 6 heteroatoms. The van der Waals surface area contributed by atoms with Crippen molar-refractivity contribution in [2.75, 3.05) is 0 Å². The molecule has 3 N–H and O–H groups in total. The van der Waals surface area contributed by atoms with Crippen molar-refractivity contribution < 1.29 is 9.21 Å². The summed E-state index contributed by atoms with van der Waals surface area (Å²) < 4.78 is 4.99. The van der Waals surface area contributed by atoms with Crippen molar-refractivity contribution in [1.82, 2.24) is 16.2 Å². The summed E-state index contributed by atoms with van der Waals surface area (Å²) in [5, 5.41) is 3.76. The number of amides is 1. The fourth-order valence-electron chi connectivity index (χ4n) is 3.21. The third-order valence-corrected chi connectivity index (χ3v) is 4.31. The quantitative estimate of drug-likeness (QED) is 0.566. The second-order valence-electron chi connectivity index (χ2n) is 5.31. The van der Waals surface area contributed by atoms with Gasteiger partial charge in [-0.3, -0.25) is 15.6 Å². The lowest BCUT2D eigenvalue weighted by atomic mass is 9.96. The van der Waals surface area contributed by atoms with Gasteiger partial charge in [-0.25, -0.2) is 0 Å². The van der Waals surface area contributed by atoms with Crippen LogP contribution in [0.4, 0.5) is 0 Å². The molecule has 1 aromatic heterocycles. The Bertz CT molecular complexity index is 474. The van der Waals surface area contributed by atoms with Crippen LogP contribution in [0.15, 0.2) is 22.8 Å². The minimum Gasteiger partial charge on any atom is -0.459 e. The molecule has 1 amide bonds. The van der Waals surface area contributed by atoms with Crippen LogP contribution in [-0.4, -0.2) is 17.1 Å². The van der Waals surface area contributed by atoms with Gasteiger partial charge in [-0.05, 0) is 55.4 Å². The fourth-order valence-corrected chi connectivity index (χ4v) is 3.41.